The van der Waals surface area contributed by atoms with Crippen LogP contribution < -0.4 is 5.32 Å². The van der Waals surface area contributed by atoms with Crippen LogP contribution in [0.3, 0.4) is 0 Å². The van der Waals surface area contributed by atoms with Crippen LogP contribution in [0.5, 0.6) is 0 Å². The number of nitrogens with zero attached hydrogens (tertiary/aromatic N) is 2. The predicted octanol–water partition coefficient (Wildman–Crippen LogP) is 2.13. The van der Waals surface area contributed by atoms with Crippen molar-refractivity contribution >= 4 is 6.03 Å². The van der Waals surface area contributed by atoms with Crippen LogP contribution in [-0.2, 0) is 6.54 Å². The summed E-state index contributed by atoms with van der Waals surface area (Å²) in [5, 5.41) is 11.8. The monoisotopic (exact) mass is 243 g/mol. The van der Waals surface area contributed by atoms with Crippen LogP contribution in [0.25, 0.3) is 0 Å². The standard InChI is InChI=1S/C14H17N3O/c15-9-13-7-4-8-17(11-13)14(18)16-10-12-5-2-1-3-6-12/h1-3,5-6,13H,4,7-8,10-11H2,(H,16,18). The molecule has 1 atom stereocenters. The summed E-state index contributed by atoms with van der Waals surface area (Å²) in [6.45, 7) is 1.84. The van der Waals surface area contributed by atoms with Gasteiger partial charge in [-0.25, -0.2) is 4.79 Å². The van der Waals surface area contributed by atoms with E-state index in [0.717, 1.165) is 24.9 Å². The third-order valence-corrected chi connectivity index (χ3v) is 3.18. The first-order chi connectivity index (χ1) is 8.79. The third kappa shape index (κ3) is 3.24. The Kier molecular flexibility index (Phi) is 4.19. The van der Waals surface area contributed by atoms with Gasteiger partial charge in [0.15, 0.2) is 0 Å². The van der Waals surface area contributed by atoms with E-state index < -0.39 is 0 Å². The Labute approximate surface area is 107 Å². The van der Waals surface area contributed by atoms with Gasteiger partial charge >= 0.3 is 6.03 Å². The van der Waals surface area contributed by atoms with Gasteiger partial charge in [-0.1, -0.05) is 30.3 Å². The molecule has 4 heteroatoms. The minimum atomic E-state index is -0.0706. The summed E-state index contributed by atoms with van der Waals surface area (Å²) in [6.07, 6.45) is 1.82. The molecule has 1 aromatic carbocycles. The van der Waals surface area contributed by atoms with Crippen LogP contribution in [0.15, 0.2) is 30.3 Å². The zero-order chi connectivity index (χ0) is 12.8. The summed E-state index contributed by atoms with van der Waals surface area (Å²) in [4.78, 5) is 13.7. The van der Waals surface area contributed by atoms with E-state index in [1.807, 2.05) is 30.3 Å². The van der Waals surface area contributed by atoms with E-state index in [1.165, 1.54) is 0 Å². The molecule has 1 aromatic rings. The Balaban J connectivity index is 1.83. The average molecular weight is 243 g/mol. The van der Waals surface area contributed by atoms with Crippen molar-refractivity contribution in [1.29, 1.82) is 5.26 Å². The highest BCUT2D eigenvalue weighted by atomic mass is 16.2. The van der Waals surface area contributed by atoms with Crippen LogP contribution in [-0.4, -0.2) is 24.0 Å². The Hall–Kier alpha value is -2.02. The molecule has 2 amide bonds. The van der Waals surface area contributed by atoms with Crippen LogP contribution in [0.1, 0.15) is 18.4 Å². The van der Waals surface area contributed by atoms with E-state index in [-0.39, 0.29) is 11.9 Å². The molecule has 4 nitrogen and oxygen atoms in total. The fourth-order valence-corrected chi connectivity index (χ4v) is 2.15. The summed E-state index contributed by atoms with van der Waals surface area (Å²) in [5.41, 5.74) is 1.08. The van der Waals surface area contributed by atoms with E-state index in [9.17, 15) is 4.79 Å². The SMILES string of the molecule is N#CC1CCCN(C(=O)NCc2ccccc2)C1. The van der Waals surface area contributed by atoms with Gasteiger partial charge in [-0.3, -0.25) is 0 Å². The van der Waals surface area contributed by atoms with Gasteiger partial charge in [0.05, 0.1) is 12.0 Å². The minimum absolute atomic E-state index is 0.0128. The largest absolute Gasteiger partial charge is 0.334 e. The highest BCUT2D eigenvalue weighted by molar-refractivity contribution is 5.74. The van der Waals surface area contributed by atoms with Crippen molar-refractivity contribution in [3.8, 4) is 6.07 Å². The van der Waals surface area contributed by atoms with Crippen LogP contribution in [0.2, 0.25) is 0 Å². The number of benzene rings is 1. The van der Waals surface area contributed by atoms with Crippen molar-refractivity contribution in [1.82, 2.24) is 10.2 Å². The Bertz CT molecular complexity index is 438. The molecule has 1 aliphatic rings. The number of hydrogen-bond donors (Lipinski definition) is 1. The first-order valence-corrected chi connectivity index (χ1v) is 6.26. The van der Waals surface area contributed by atoms with Crippen LogP contribution in [0, 0.1) is 17.2 Å². The predicted molar refractivity (Wildman–Crippen MR) is 68.6 cm³/mol. The minimum Gasteiger partial charge on any atom is -0.334 e. The van der Waals surface area contributed by atoms with Gasteiger partial charge in [0.2, 0.25) is 0 Å². The molecule has 1 unspecified atom stereocenters. The molecule has 0 aromatic heterocycles. The lowest BCUT2D eigenvalue weighted by Crippen LogP contribution is -2.45. The number of rotatable bonds is 2. The van der Waals surface area contributed by atoms with Crippen molar-refractivity contribution in [3.05, 3.63) is 35.9 Å². The molecular weight excluding hydrogens is 226 g/mol. The number of hydrogen-bond acceptors (Lipinski definition) is 2. The fourth-order valence-electron chi connectivity index (χ4n) is 2.15. The number of likely N-dealkylation sites (tertiary alicyclic amines) is 1. The molecule has 1 fully saturated rings. The van der Waals surface area contributed by atoms with Crippen LogP contribution >= 0.6 is 0 Å². The summed E-state index contributed by atoms with van der Waals surface area (Å²) < 4.78 is 0. The lowest BCUT2D eigenvalue weighted by Gasteiger charge is -2.29. The number of amides is 2. The zero-order valence-electron chi connectivity index (χ0n) is 10.3. The van der Waals surface area contributed by atoms with Gasteiger partial charge in [-0.15, -0.1) is 0 Å². The van der Waals surface area contributed by atoms with Gasteiger partial charge in [0.25, 0.3) is 0 Å². The molecule has 0 saturated carbocycles. The molecule has 1 saturated heterocycles. The topological polar surface area (TPSA) is 56.1 Å². The lowest BCUT2D eigenvalue weighted by molar-refractivity contribution is 0.176. The first-order valence-electron chi connectivity index (χ1n) is 6.26. The maximum absolute atomic E-state index is 11.9. The second-order valence-corrected chi connectivity index (χ2v) is 4.56. The molecule has 1 heterocycles. The second kappa shape index (κ2) is 6.06. The average Bonchev–Trinajstić information content (AvgIpc) is 2.46. The Morgan fingerprint density at radius 2 is 2.22 bits per heavy atom. The number of nitrogens with one attached hydrogen (secondary N) is 1. The molecule has 94 valence electrons. The molecule has 18 heavy (non-hydrogen) atoms. The van der Waals surface area contributed by atoms with Crippen molar-refractivity contribution in [2.45, 2.75) is 19.4 Å². The number of carbonyl (C=O) groups excluding carboxylic acids is 1. The molecule has 1 N–H and O–H groups in total. The molecule has 0 aliphatic carbocycles. The number of nitriles is 1. The highest BCUT2D eigenvalue weighted by Gasteiger charge is 2.22. The van der Waals surface area contributed by atoms with Gasteiger partial charge < -0.3 is 10.2 Å². The van der Waals surface area contributed by atoms with E-state index in [4.69, 9.17) is 5.26 Å². The second-order valence-electron chi connectivity index (χ2n) is 4.56. The zero-order valence-corrected chi connectivity index (χ0v) is 10.3. The molecule has 2 rings (SSSR count). The fraction of sp³-hybridized carbons (Fsp3) is 0.429. The van der Waals surface area contributed by atoms with Crippen LogP contribution in [0.4, 0.5) is 4.79 Å². The van der Waals surface area contributed by atoms with Crippen molar-refractivity contribution in [2.75, 3.05) is 13.1 Å². The maximum Gasteiger partial charge on any atom is 0.317 e. The van der Waals surface area contributed by atoms with Crippen molar-refractivity contribution in [3.63, 3.8) is 0 Å². The summed E-state index contributed by atoms with van der Waals surface area (Å²) in [5.74, 6) is -0.0128. The Morgan fingerprint density at radius 3 is 2.94 bits per heavy atom. The Morgan fingerprint density at radius 1 is 1.44 bits per heavy atom. The first kappa shape index (κ1) is 12.4. The maximum atomic E-state index is 11.9. The van der Waals surface area contributed by atoms with Crippen molar-refractivity contribution < 1.29 is 4.79 Å². The number of urea groups is 1. The summed E-state index contributed by atoms with van der Waals surface area (Å²) >= 11 is 0. The van der Waals surface area contributed by atoms with Gasteiger partial charge in [0, 0.05) is 19.6 Å². The highest BCUT2D eigenvalue weighted by Crippen LogP contribution is 2.15. The summed E-state index contributed by atoms with van der Waals surface area (Å²) in [6, 6.07) is 12.0. The molecular formula is C14H17N3O. The van der Waals surface area contributed by atoms with Crippen molar-refractivity contribution in [2.24, 2.45) is 5.92 Å². The number of piperidine rings is 1. The molecule has 0 spiro atoms. The summed E-state index contributed by atoms with van der Waals surface area (Å²) in [7, 11) is 0. The van der Waals surface area contributed by atoms with E-state index in [1.54, 1.807) is 4.90 Å². The molecule has 1 aliphatic heterocycles. The van der Waals surface area contributed by atoms with Gasteiger partial charge in [-0.2, -0.15) is 5.26 Å². The molecule has 0 bridgehead atoms. The van der Waals surface area contributed by atoms with Gasteiger partial charge in [-0.05, 0) is 18.4 Å². The molecule has 0 radical (unpaired) electrons. The van der Waals surface area contributed by atoms with Gasteiger partial charge in [0.1, 0.15) is 0 Å². The third-order valence-electron chi connectivity index (χ3n) is 3.18. The lowest BCUT2D eigenvalue weighted by atomic mass is 10.0. The van der Waals surface area contributed by atoms with E-state index in [0.29, 0.717) is 13.1 Å². The number of carbonyl (C=O) groups is 1. The smallest absolute Gasteiger partial charge is 0.317 e. The van der Waals surface area contributed by atoms with E-state index >= 15 is 0 Å². The van der Waals surface area contributed by atoms with E-state index in [2.05, 4.69) is 11.4 Å². The normalized spacial score (nSPS) is 19.1. The quantitative estimate of drug-likeness (QED) is 0.865.